The van der Waals surface area contributed by atoms with Gasteiger partial charge in [0.15, 0.2) is 0 Å². The minimum absolute atomic E-state index is 0.0164. The van der Waals surface area contributed by atoms with Gasteiger partial charge in [-0.25, -0.2) is 0 Å². The highest BCUT2D eigenvalue weighted by Crippen LogP contribution is 2.31. The number of carboxylic acid groups (broad SMARTS) is 1. The second-order valence-corrected chi connectivity index (χ2v) is 12.2. The molecule has 0 aliphatic heterocycles. The van der Waals surface area contributed by atoms with E-state index >= 15 is 0 Å². The molecule has 51 heavy (non-hydrogen) atoms. The number of hydrogen-bond acceptors (Lipinski definition) is 4. The van der Waals surface area contributed by atoms with E-state index in [1.54, 1.807) is 36.4 Å². The molecule has 3 N–H and O–H groups in total. The number of amides is 2. The van der Waals surface area contributed by atoms with Crippen LogP contribution in [0.15, 0.2) is 84.9 Å². The maximum absolute atomic E-state index is 13.6. The van der Waals surface area contributed by atoms with Crippen LogP contribution in [0.3, 0.4) is 0 Å². The van der Waals surface area contributed by atoms with E-state index in [1.165, 1.54) is 30.5 Å². The molecule has 0 aromatic heterocycles. The quantitative estimate of drug-likeness (QED) is 0.144. The molecular weight excluding hydrogens is 657 g/mol. The number of carbonyl (C=O) groups is 3. The van der Waals surface area contributed by atoms with Gasteiger partial charge in [0, 0.05) is 17.8 Å². The fourth-order valence-electron chi connectivity index (χ4n) is 5.26. The Bertz CT molecular complexity index is 1680. The lowest BCUT2D eigenvalue weighted by atomic mass is 9.90. The summed E-state index contributed by atoms with van der Waals surface area (Å²) in [7, 11) is 0. The molecule has 10 heteroatoms. The molecule has 0 spiro atoms. The summed E-state index contributed by atoms with van der Waals surface area (Å²) in [6, 6.07) is 23.3. The van der Waals surface area contributed by atoms with Crippen LogP contribution >= 0.6 is 0 Å². The Balaban J connectivity index is 0.00000140. The van der Waals surface area contributed by atoms with Gasteiger partial charge in [0.05, 0.1) is 12.3 Å². The molecule has 4 rings (SSSR count). The van der Waals surface area contributed by atoms with E-state index in [0.29, 0.717) is 22.4 Å². The van der Waals surface area contributed by atoms with Gasteiger partial charge in [-0.15, -0.1) is 13.2 Å². The highest BCUT2D eigenvalue weighted by molar-refractivity contribution is 5.96. The van der Waals surface area contributed by atoms with Crippen molar-refractivity contribution in [2.75, 3.05) is 11.9 Å². The van der Waals surface area contributed by atoms with Crippen molar-refractivity contribution in [3.05, 3.63) is 118 Å². The van der Waals surface area contributed by atoms with Gasteiger partial charge in [-0.3, -0.25) is 14.4 Å². The molecule has 4 aromatic carbocycles. The number of alkyl halides is 3. The van der Waals surface area contributed by atoms with Crippen molar-refractivity contribution in [3.8, 4) is 16.9 Å². The fraction of sp³-hybridized carbons (Fsp3) is 0.341. The van der Waals surface area contributed by atoms with Crippen molar-refractivity contribution < 1.29 is 37.4 Å². The largest absolute Gasteiger partial charge is 0.573 e. The maximum Gasteiger partial charge on any atom is 0.573 e. The number of halogens is 3. The van der Waals surface area contributed by atoms with Gasteiger partial charge in [0.2, 0.25) is 5.91 Å². The SMILES string of the molecule is CCC.CCC.Cc1cc(C)c(-c2ccc(NC(=O)C(Cc3ccc(C(=O)NCCC(=O)O)cc3)c3ccc(OC(F)(F)F)cc3)cc2)c(C)c1. The van der Waals surface area contributed by atoms with E-state index in [-0.39, 0.29) is 25.3 Å². The molecule has 7 nitrogen and oxygen atoms in total. The first-order chi connectivity index (χ1) is 24.1. The van der Waals surface area contributed by atoms with Crippen LogP contribution in [0, 0.1) is 20.8 Å². The van der Waals surface area contributed by atoms with Gasteiger partial charge in [0.25, 0.3) is 5.91 Å². The molecule has 0 aliphatic rings. The van der Waals surface area contributed by atoms with Crippen molar-refractivity contribution in [2.24, 2.45) is 0 Å². The number of nitrogens with one attached hydrogen (secondary N) is 2. The number of rotatable bonds is 11. The lowest BCUT2D eigenvalue weighted by Gasteiger charge is -2.19. The topological polar surface area (TPSA) is 105 Å². The fourth-order valence-corrected chi connectivity index (χ4v) is 5.26. The molecule has 0 radical (unpaired) electrons. The zero-order valence-electron chi connectivity index (χ0n) is 30.4. The van der Waals surface area contributed by atoms with Crippen LogP contribution in [-0.2, 0) is 16.0 Å². The summed E-state index contributed by atoms with van der Waals surface area (Å²) in [5.41, 5.74) is 7.64. The van der Waals surface area contributed by atoms with Crippen molar-refractivity contribution in [1.82, 2.24) is 5.32 Å². The first-order valence-electron chi connectivity index (χ1n) is 17.1. The number of carbonyl (C=O) groups excluding carboxylic acids is 2. The molecule has 2 amide bonds. The van der Waals surface area contributed by atoms with E-state index in [1.807, 2.05) is 19.1 Å². The predicted octanol–water partition coefficient (Wildman–Crippen LogP) is 10.2. The van der Waals surface area contributed by atoms with E-state index in [9.17, 15) is 27.6 Å². The summed E-state index contributed by atoms with van der Waals surface area (Å²) in [5, 5.41) is 14.2. The highest BCUT2D eigenvalue weighted by Gasteiger charge is 2.31. The molecule has 0 saturated heterocycles. The molecule has 0 fully saturated rings. The summed E-state index contributed by atoms with van der Waals surface area (Å²) in [6.07, 6.45) is -2.37. The molecule has 1 atom stereocenters. The van der Waals surface area contributed by atoms with Gasteiger partial charge in [0.1, 0.15) is 5.75 Å². The highest BCUT2D eigenvalue weighted by atomic mass is 19.4. The van der Waals surface area contributed by atoms with Crippen LogP contribution in [0.2, 0.25) is 0 Å². The smallest absolute Gasteiger partial charge is 0.481 e. The standard InChI is InChI=1S/C35H33F3N2O5.2C3H8/c1-21-18-22(2)32(23(3)19-21)26-8-12-28(13-9-26)40-34(44)30(25-10-14-29(15-11-25)45-35(36,37)38)20-24-4-6-27(7-5-24)33(43)39-17-16-31(41)42;2*1-3-2/h4-15,18-19,30H,16-17,20H2,1-3H3,(H,39,43)(H,40,44)(H,41,42);2*3H2,1-2H3. The molecule has 0 saturated carbocycles. The number of aryl methyl sites for hydroxylation is 3. The number of benzene rings is 4. The molecule has 274 valence electrons. The third kappa shape index (κ3) is 14.3. The van der Waals surface area contributed by atoms with Crippen LogP contribution in [0.4, 0.5) is 18.9 Å². The van der Waals surface area contributed by atoms with Crippen molar-refractivity contribution in [2.45, 2.75) is 86.4 Å². The Morgan fingerprint density at radius 3 is 1.80 bits per heavy atom. The third-order valence-corrected chi connectivity index (χ3v) is 7.23. The molecule has 4 aromatic rings. The Hall–Kier alpha value is -5.12. The lowest BCUT2D eigenvalue weighted by molar-refractivity contribution is -0.274. The molecule has 0 heterocycles. The summed E-state index contributed by atoms with van der Waals surface area (Å²) >= 11 is 0. The van der Waals surface area contributed by atoms with Crippen molar-refractivity contribution in [1.29, 1.82) is 0 Å². The number of carboxylic acids is 1. The van der Waals surface area contributed by atoms with E-state index in [4.69, 9.17) is 5.11 Å². The van der Waals surface area contributed by atoms with Crippen molar-refractivity contribution in [3.63, 3.8) is 0 Å². The number of anilines is 1. The van der Waals surface area contributed by atoms with Gasteiger partial charge in [-0.05, 0) is 97.0 Å². The average Bonchev–Trinajstić information content (AvgIpc) is 3.04. The molecule has 0 aliphatic carbocycles. The zero-order valence-corrected chi connectivity index (χ0v) is 30.4. The first kappa shape index (κ1) is 42.0. The minimum atomic E-state index is -4.85. The summed E-state index contributed by atoms with van der Waals surface area (Å²) < 4.78 is 42.1. The maximum atomic E-state index is 13.6. The van der Waals surface area contributed by atoms with Crippen LogP contribution in [-0.4, -0.2) is 35.8 Å². The number of hydrogen-bond donors (Lipinski definition) is 3. The predicted molar refractivity (Wildman–Crippen MR) is 197 cm³/mol. The van der Waals surface area contributed by atoms with E-state index in [2.05, 4.69) is 69.0 Å². The van der Waals surface area contributed by atoms with Gasteiger partial charge < -0.3 is 20.5 Å². The minimum Gasteiger partial charge on any atom is -0.481 e. The normalized spacial score (nSPS) is 11.2. The van der Waals surface area contributed by atoms with Crippen LogP contribution in [0.25, 0.3) is 11.1 Å². The van der Waals surface area contributed by atoms with Crippen LogP contribution < -0.4 is 15.4 Å². The van der Waals surface area contributed by atoms with Crippen LogP contribution in [0.5, 0.6) is 5.75 Å². The first-order valence-corrected chi connectivity index (χ1v) is 17.1. The average molecular weight is 707 g/mol. The van der Waals surface area contributed by atoms with Gasteiger partial charge >= 0.3 is 12.3 Å². The van der Waals surface area contributed by atoms with Gasteiger partial charge in [-0.2, -0.15) is 0 Å². The lowest BCUT2D eigenvalue weighted by Crippen LogP contribution is -2.26. The molecule has 1 unspecified atom stereocenters. The summed E-state index contributed by atoms with van der Waals surface area (Å²) in [4.78, 5) is 36.7. The zero-order chi connectivity index (χ0) is 38.1. The Morgan fingerprint density at radius 1 is 0.784 bits per heavy atom. The third-order valence-electron chi connectivity index (χ3n) is 7.23. The van der Waals surface area contributed by atoms with Crippen LogP contribution in [0.1, 0.15) is 91.1 Å². The molecular formula is C41H49F3N2O5. The summed E-state index contributed by atoms with van der Waals surface area (Å²) in [6.45, 7) is 14.6. The second kappa shape index (κ2) is 20.5. The van der Waals surface area contributed by atoms with Gasteiger partial charge in [-0.1, -0.05) is 94.6 Å². The van der Waals surface area contributed by atoms with Crippen molar-refractivity contribution >= 4 is 23.5 Å². The summed E-state index contributed by atoms with van der Waals surface area (Å²) in [5.74, 6) is -3.02. The Labute approximate surface area is 299 Å². The van der Waals surface area contributed by atoms with E-state index < -0.39 is 29.9 Å². The Kier molecular flexibility index (Phi) is 16.9. The van der Waals surface area contributed by atoms with E-state index in [0.717, 1.165) is 34.4 Å². The number of aliphatic carboxylic acids is 1. The second-order valence-electron chi connectivity index (χ2n) is 12.2. The monoisotopic (exact) mass is 706 g/mol. The Morgan fingerprint density at radius 2 is 1.31 bits per heavy atom. The number of ether oxygens (including phenoxy) is 1. The molecule has 0 bridgehead atoms.